The third-order valence-electron chi connectivity index (χ3n) is 3.38. The molecule has 0 atom stereocenters. The first-order valence-corrected chi connectivity index (χ1v) is 7.08. The molecule has 1 N–H and O–H groups in total. The van der Waals surface area contributed by atoms with Crippen LogP contribution in [0.5, 0.6) is 11.5 Å². The molecular formula is C14H18F4N3O2+. The fourth-order valence-electron chi connectivity index (χ4n) is 2.13. The highest BCUT2D eigenvalue weighted by atomic mass is 19.3. The topological polar surface area (TPSA) is 38.5 Å². The fraction of sp³-hybridized carbons (Fsp3) is 0.500. The van der Waals surface area contributed by atoms with Crippen LogP contribution in [0.25, 0.3) is 0 Å². The highest BCUT2D eigenvalue weighted by molar-refractivity contribution is 5.83. The van der Waals surface area contributed by atoms with Crippen LogP contribution in [-0.4, -0.2) is 57.7 Å². The van der Waals surface area contributed by atoms with Crippen molar-refractivity contribution in [2.75, 3.05) is 33.2 Å². The molecule has 1 saturated heterocycles. The molecule has 1 heterocycles. The number of rotatable bonds is 6. The van der Waals surface area contributed by atoms with E-state index in [9.17, 15) is 17.6 Å². The van der Waals surface area contributed by atoms with Gasteiger partial charge in [-0.2, -0.15) is 22.7 Å². The van der Waals surface area contributed by atoms with E-state index in [1.165, 1.54) is 23.2 Å². The number of halogens is 4. The van der Waals surface area contributed by atoms with Crippen molar-refractivity contribution in [2.45, 2.75) is 13.2 Å². The number of nitrogens with one attached hydrogen (secondary N) is 1. The Kier molecular flexibility index (Phi) is 6.03. The summed E-state index contributed by atoms with van der Waals surface area (Å²) in [6, 6.07) is 3.59. The quantitative estimate of drug-likeness (QED) is 0.624. The summed E-state index contributed by atoms with van der Waals surface area (Å²) in [5.74, 6) is -0.516. The van der Waals surface area contributed by atoms with Crippen LogP contribution in [0.15, 0.2) is 23.3 Å². The minimum Gasteiger partial charge on any atom is -0.435 e. The molecule has 0 bridgehead atoms. The molecule has 0 aromatic heterocycles. The largest absolute Gasteiger partial charge is 0.435 e. The van der Waals surface area contributed by atoms with Gasteiger partial charge < -0.3 is 14.4 Å². The number of likely N-dealkylation sites (N-methyl/N-ethyl adjacent to an activating group) is 1. The maximum absolute atomic E-state index is 12.5. The van der Waals surface area contributed by atoms with Crippen molar-refractivity contribution in [1.29, 1.82) is 0 Å². The number of hydrogen-bond acceptors (Lipinski definition) is 4. The van der Waals surface area contributed by atoms with Crippen LogP contribution >= 0.6 is 0 Å². The summed E-state index contributed by atoms with van der Waals surface area (Å²) >= 11 is 0. The molecule has 1 aliphatic heterocycles. The molecule has 5 nitrogen and oxygen atoms in total. The van der Waals surface area contributed by atoms with Crippen molar-refractivity contribution >= 4 is 6.21 Å². The van der Waals surface area contributed by atoms with Gasteiger partial charge in [-0.15, -0.1) is 0 Å². The predicted octanol–water partition coefficient (Wildman–Crippen LogP) is 1.05. The lowest BCUT2D eigenvalue weighted by Gasteiger charge is -2.27. The standard InChI is InChI=1S/C14H17F4N3O2/c1-20-4-6-21(7-5-20)19-9-10-2-3-11(22-13(15)16)8-12(10)23-14(17)18/h2-3,8-9,13-14H,4-7H2,1H3/p+1/b19-9-. The molecule has 1 aromatic rings. The maximum Gasteiger partial charge on any atom is 0.387 e. The van der Waals surface area contributed by atoms with Crippen molar-refractivity contribution in [3.05, 3.63) is 23.8 Å². The number of hydrazone groups is 1. The van der Waals surface area contributed by atoms with E-state index in [1.54, 1.807) is 0 Å². The number of piperazine rings is 1. The fourth-order valence-corrected chi connectivity index (χ4v) is 2.13. The minimum absolute atomic E-state index is 0.254. The Hall–Kier alpha value is -2.03. The second-order valence-corrected chi connectivity index (χ2v) is 5.11. The van der Waals surface area contributed by atoms with Crippen molar-refractivity contribution in [1.82, 2.24) is 5.01 Å². The zero-order chi connectivity index (χ0) is 16.8. The second-order valence-electron chi connectivity index (χ2n) is 5.11. The third kappa shape index (κ3) is 5.59. The highest BCUT2D eigenvalue weighted by Crippen LogP contribution is 2.26. The van der Waals surface area contributed by atoms with Gasteiger partial charge in [0, 0.05) is 11.6 Å². The summed E-state index contributed by atoms with van der Waals surface area (Å²) in [4.78, 5) is 1.40. The van der Waals surface area contributed by atoms with E-state index in [-0.39, 0.29) is 17.1 Å². The number of quaternary nitrogens is 1. The van der Waals surface area contributed by atoms with E-state index in [1.807, 2.05) is 5.01 Å². The molecular weight excluding hydrogens is 318 g/mol. The van der Waals surface area contributed by atoms with E-state index in [0.717, 1.165) is 32.2 Å². The van der Waals surface area contributed by atoms with Gasteiger partial charge in [-0.05, 0) is 12.1 Å². The van der Waals surface area contributed by atoms with Crippen molar-refractivity contribution in [3.63, 3.8) is 0 Å². The van der Waals surface area contributed by atoms with Gasteiger partial charge in [0.25, 0.3) is 0 Å². The third-order valence-corrected chi connectivity index (χ3v) is 3.38. The lowest BCUT2D eigenvalue weighted by molar-refractivity contribution is -0.884. The summed E-state index contributed by atoms with van der Waals surface area (Å²) in [6.07, 6.45) is 1.38. The first kappa shape index (κ1) is 17.3. The normalized spacial score (nSPS) is 16.6. The molecule has 0 aliphatic carbocycles. The van der Waals surface area contributed by atoms with Crippen LogP contribution < -0.4 is 14.4 Å². The number of ether oxygens (including phenoxy) is 2. The van der Waals surface area contributed by atoms with E-state index in [2.05, 4.69) is 21.6 Å². The van der Waals surface area contributed by atoms with Crippen molar-refractivity contribution < 1.29 is 31.9 Å². The van der Waals surface area contributed by atoms with Crippen molar-refractivity contribution in [2.24, 2.45) is 5.10 Å². The van der Waals surface area contributed by atoms with Crippen LogP contribution in [0.1, 0.15) is 5.56 Å². The average molecular weight is 336 g/mol. The number of alkyl halides is 4. The Labute approximate surface area is 131 Å². The lowest BCUT2D eigenvalue weighted by atomic mass is 10.2. The number of benzene rings is 1. The molecule has 9 heteroatoms. The molecule has 0 radical (unpaired) electrons. The molecule has 0 saturated carbocycles. The van der Waals surface area contributed by atoms with Crippen LogP contribution in [-0.2, 0) is 0 Å². The molecule has 0 unspecified atom stereocenters. The van der Waals surface area contributed by atoms with E-state index < -0.39 is 13.2 Å². The minimum atomic E-state index is -3.07. The first-order valence-electron chi connectivity index (χ1n) is 7.08. The monoisotopic (exact) mass is 336 g/mol. The van der Waals surface area contributed by atoms with Gasteiger partial charge in [-0.1, -0.05) is 0 Å². The van der Waals surface area contributed by atoms with E-state index in [0.29, 0.717) is 0 Å². The molecule has 0 spiro atoms. The van der Waals surface area contributed by atoms with Crippen molar-refractivity contribution in [3.8, 4) is 11.5 Å². The SMILES string of the molecule is C[NH+]1CCN(/N=C\c2ccc(OC(F)F)cc2OC(F)F)CC1. The molecule has 128 valence electrons. The first-order chi connectivity index (χ1) is 10.9. The zero-order valence-electron chi connectivity index (χ0n) is 12.5. The number of hydrogen-bond donors (Lipinski definition) is 1. The Balaban J connectivity index is 2.12. The van der Waals surface area contributed by atoms with E-state index >= 15 is 0 Å². The molecule has 23 heavy (non-hydrogen) atoms. The smallest absolute Gasteiger partial charge is 0.387 e. The van der Waals surface area contributed by atoms with Gasteiger partial charge in [-0.25, -0.2) is 0 Å². The molecule has 2 rings (SSSR count). The molecule has 1 aliphatic rings. The molecule has 1 fully saturated rings. The summed E-state index contributed by atoms with van der Waals surface area (Å²) in [5.41, 5.74) is 0.262. The Morgan fingerprint density at radius 3 is 2.39 bits per heavy atom. The summed E-state index contributed by atoms with van der Waals surface area (Å²) < 4.78 is 57.8. The Morgan fingerprint density at radius 1 is 1.13 bits per heavy atom. The average Bonchev–Trinajstić information content (AvgIpc) is 2.47. The van der Waals surface area contributed by atoms with Gasteiger partial charge in [0.2, 0.25) is 0 Å². The summed E-state index contributed by atoms with van der Waals surface area (Å²) in [5, 5.41) is 6.05. The maximum atomic E-state index is 12.5. The van der Waals surface area contributed by atoms with Gasteiger partial charge in [0.05, 0.1) is 39.4 Å². The zero-order valence-corrected chi connectivity index (χ0v) is 12.5. The lowest BCUT2D eigenvalue weighted by Crippen LogP contribution is -3.11. The van der Waals surface area contributed by atoms with E-state index in [4.69, 9.17) is 0 Å². The van der Waals surface area contributed by atoms with Crippen LogP contribution in [0, 0.1) is 0 Å². The van der Waals surface area contributed by atoms with Gasteiger partial charge >= 0.3 is 13.2 Å². The second kappa shape index (κ2) is 8.00. The van der Waals surface area contributed by atoms with Gasteiger partial charge in [0.1, 0.15) is 11.5 Å². The van der Waals surface area contributed by atoms with Gasteiger partial charge in [0.15, 0.2) is 0 Å². The van der Waals surface area contributed by atoms with Gasteiger partial charge in [-0.3, -0.25) is 5.01 Å². The van der Waals surface area contributed by atoms with Crippen LogP contribution in [0.4, 0.5) is 17.6 Å². The highest BCUT2D eigenvalue weighted by Gasteiger charge is 2.15. The molecule has 1 aromatic carbocycles. The number of nitrogens with zero attached hydrogens (tertiary/aromatic N) is 2. The Bertz CT molecular complexity index is 535. The van der Waals surface area contributed by atoms with Crippen LogP contribution in [0.2, 0.25) is 0 Å². The van der Waals surface area contributed by atoms with Crippen LogP contribution in [0.3, 0.4) is 0 Å². The predicted molar refractivity (Wildman–Crippen MR) is 75.5 cm³/mol. The summed E-state index contributed by atoms with van der Waals surface area (Å²) in [7, 11) is 2.08. The summed E-state index contributed by atoms with van der Waals surface area (Å²) in [6.45, 7) is -2.75. The Morgan fingerprint density at radius 2 is 1.78 bits per heavy atom. The molecule has 0 amide bonds.